The van der Waals surface area contributed by atoms with E-state index in [9.17, 15) is 18.0 Å². The molecule has 1 aliphatic heterocycles. The summed E-state index contributed by atoms with van der Waals surface area (Å²) in [5.41, 5.74) is 2.55. The third-order valence-electron chi connectivity index (χ3n) is 5.71. The van der Waals surface area contributed by atoms with Crippen LogP contribution in [-0.4, -0.2) is 60.2 Å². The van der Waals surface area contributed by atoms with Gasteiger partial charge in [0.1, 0.15) is 6.04 Å². The Bertz CT molecular complexity index is 1100. The molecular weight excluding hydrogens is 446 g/mol. The van der Waals surface area contributed by atoms with Gasteiger partial charge in [-0.1, -0.05) is 32.0 Å². The lowest BCUT2D eigenvalue weighted by atomic mass is 10.1. The predicted octanol–water partition coefficient (Wildman–Crippen LogP) is 3.49. The number of nitrogens with one attached hydrogen (secondary N) is 1. The van der Waals surface area contributed by atoms with E-state index in [4.69, 9.17) is 0 Å². The second-order valence-electron chi connectivity index (χ2n) is 7.65. The molecule has 0 unspecified atom stereocenters. The quantitative estimate of drug-likeness (QED) is 0.663. The van der Waals surface area contributed by atoms with Crippen molar-refractivity contribution in [3.05, 3.63) is 59.2 Å². The number of thioether (sulfide) groups is 1. The van der Waals surface area contributed by atoms with Gasteiger partial charge in [0, 0.05) is 30.1 Å². The molecular formula is C23H29N3O4S2. The summed E-state index contributed by atoms with van der Waals surface area (Å²) in [5, 5.41) is 2.89. The summed E-state index contributed by atoms with van der Waals surface area (Å²) in [5.74, 6) is 0.403. The Morgan fingerprint density at radius 2 is 1.78 bits per heavy atom. The standard InChI is InChI=1S/C23H29N3O4S2/c1-5-25(6-2)32(29,30)19-12-16(3)17(4)20(13-19)24-22(27)21-14-31-15-26(21)23(28)18-10-8-7-9-11-18/h7-13,21H,5-6,14-15H2,1-4H3,(H,24,27)/t21-/m0/s1. The van der Waals surface area contributed by atoms with E-state index in [-0.39, 0.29) is 16.7 Å². The van der Waals surface area contributed by atoms with Gasteiger partial charge in [-0.15, -0.1) is 11.8 Å². The van der Waals surface area contributed by atoms with E-state index in [2.05, 4.69) is 5.32 Å². The fraction of sp³-hybridized carbons (Fsp3) is 0.391. The molecule has 3 rings (SSSR count). The summed E-state index contributed by atoms with van der Waals surface area (Å²) in [7, 11) is -3.66. The van der Waals surface area contributed by atoms with Gasteiger partial charge in [-0.05, 0) is 49.2 Å². The van der Waals surface area contributed by atoms with Gasteiger partial charge in [0.2, 0.25) is 15.9 Å². The van der Waals surface area contributed by atoms with Crippen LogP contribution in [0, 0.1) is 13.8 Å². The summed E-state index contributed by atoms with van der Waals surface area (Å²) in [4.78, 5) is 27.8. The minimum atomic E-state index is -3.66. The van der Waals surface area contributed by atoms with Crippen molar-refractivity contribution in [2.75, 3.05) is 30.0 Å². The fourth-order valence-corrected chi connectivity index (χ4v) is 6.36. The Balaban J connectivity index is 1.87. The van der Waals surface area contributed by atoms with Crippen LogP contribution in [0.25, 0.3) is 0 Å². The van der Waals surface area contributed by atoms with Crippen LogP contribution in [0.15, 0.2) is 47.4 Å². The van der Waals surface area contributed by atoms with Gasteiger partial charge >= 0.3 is 0 Å². The van der Waals surface area contributed by atoms with E-state index >= 15 is 0 Å². The fourth-order valence-electron chi connectivity index (χ4n) is 3.64. The Morgan fingerprint density at radius 3 is 2.41 bits per heavy atom. The lowest BCUT2D eigenvalue weighted by Crippen LogP contribution is -2.44. The number of amides is 2. The molecule has 7 nitrogen and oxygen atoms in total. The van der Waals surface area contributed by atoms with Crippen molar-refractivity contribution in [2.24, 2.45) is 0 Å². The van der Waals surface area contributed by atoms with E-state index in [0.717, 1.165) is 11.1 Å². The number of nitrogens with zero attached hydrogens (tertiary/aromatic N) is 2. The van der Waals surface area contributed by atoms with Crippen molar-refractivity contribution in [3.8, 4) is 0 Å². The van der Waals surface area contributed by atoms with Crippen molar-refractivity contribution >= 4 is 39.3 Å². The molecule has 32 heavy (non-hydrogen) atoms. The number of hydrogen-bond donors (Lipinski definition) is 1. The van der Waals surface area contributed by atoms with Crippen LogP contribution < -0.4 is 5.32 Å². The second kappa shape index (κ2) is 10.1. The molecule has 2 aromatic carbocycles. The molecule has 2 amide bonds. The molecule has 1 atom stereocenters. The van der Waals surface area contributed by atoms with Crippen molar-refractivity contribution < 1.29 is 18.0 Å². The largest absolute Gasteiger partial charge is 0.324 e. The van der Waals surface area contributed by atoms with Crippen molar-refractivity contribution in [1.82, 2.24) is 9.21 Å². The first-order valence-electron chi connectivity index (χ1n) is 10.6. The van der Waals surface area contributed by atoms with E-state index in [0.29, 0.717) is 36.0 Å². The van der Waals surface area contributed by atoms with Gasteiger partial charge in [0.05, 0.1) is 10.8 Å². The molecule has 0 aromatic heterocycles. The predicted molar refractivity (Wildman–Crippen MR) is 128 cm³/mol. The third kappa shape index (κ3) is 4.84. The van der Waals surface area contributed by atoms with Gasteiger partial charge < -0.3 is 10.2 Å². The third-order valence-corrected chi connectivity index (χ3v) is 8.75. The van der Waals surface area contributed by atoms with Crippen LogP contribution in [0.4, 0.5) is 5.69 Å². The Hall–Kier alpha value is -2.36. The van der Waals surface area contributed by atoms with Crippen LogP contribution >= 0.6 is 11.8 Å². The maximum atomic E-state index is 13.2. The average Bonchev–Trinajstić information content (AvgIpc) is 3.27. The van der Waals surface area contributed by atoms with Crippen molar-refractivity contribution in [1.29, 1.82) is 0 Å². The average molecular weight is 476 g/mol. The van der Waals surface area contributed by atoms with Crippen molar-refractivity contribution in [2.45, 2.75) is 38.6 Å². The van der Waals surface area contributed by atoms with E-state index in [1.807, 2.05) is 19.9 Å². The number of anilines is 1. The molecule has 0 aliphatic carbocycles. The SMILES string of the molecule is CCN(CC)S(=O)(=O)c1cc(C)c(C)c(NC(=O)[C@@H]2CSCN2C(=O)c2ccccc2)c1. The van der Waals surface area contributed by atoms with E-state index in [1.54, 1.807) is 49.1 Å². The molecule has 0 radical (unpaired) electrons. The highest BCUT2D eigenvalue weighted by Crippen LogP contribution is 2.28. The highest BCUT2D eigenvalue weighted by Gasteiger charge is 2.35. The number of carbonyl (C=O) groups excluding carboxylic acids is 2. The zero-order valence-electron chi connectivity index (χ0n) is 18.8. The Kier molecular flexibility index (Phi) is 7.63. The smallest absolute Gasteiger partial charge is 0.255 e. The van der Waals surface area contributed by atoms with Gasteiger partial charge in [-0.25, -0.2) is 8.42 Å². The molecule has 2 aromatic rings. The van der Waals surface area contributed by atoms with Gasteiger partial charge in [-0.3, -0.25) is 9.59 Å². The molecule has 1 saturated heterocycles. The van der Waals surface area contributed by atoms with Gasteiger partial charge in [0.25, 0.3) is 5.91 Å². The minimum Gasteiger partial charge on any atom is -0.324 e. The number of rotatable bonds is 7. The number of sulfonamides is 1. The number of aryl methyl sites for hydroxylation is 1. The van der Waals surface area contributed by atoms with Gasteiger partial charge in [-0.2, -0.15) is 4.31 Å². The highest BCUT2D eigenvalue weighted by atomic mass is 32.2. The Labute approximate surface area is 194 Å². The summed E-state index contributed by atoms with van der Waals surface area (Å²) in [6.07, 6.45) is 0. The molecule has 9 heteroatoms. The Morgan fingerprint density at radius 1 is 1.12 bits per heavy atom. The summed E-state index contributed by atoms with van der Waals surface area (Å²) in [6, 6.07) is 11.4. The second-order valence-corrected chi connectivity index (χ2v) is 10.6. The normalized spacial score (nSPS) is 16.4. The molecule has 1 heterocycles. The summed E-state index contributed by atoms with van der Waals surface area (Å²) in [6.45, 7) is 7.98. The first kappa shape index (κ1) is 24.3. The molecule has 1 fully saturated rings. The maximum absolute atomic E-state index is 13.2. The highest BCUT2D eigenvalue weighted by molar-refractivity contribution is 7.99. The lowest BCUT2D eigenvalue weighted by molar-refractivity contribution is -0.119. The minimum absolute atomic E-state index is 0.151. The first-order valence-corrected chi connectivity index (χ1v) is 13.2. The topological polar surface area (TPSA) is 86.8 Å². The van der Waals surface area contributed by atoms with Crippen molar-refractivity contribution in [3.63, 3.8) is 0 Å². The molecule has 0 saturated carbocycles. The molecule has 1 N–H and O–H groups in total. The maximum Gasteiger partial charge on any atom is 0.255 e. The van der Waals surface area contributed by atoms with Crippen LogP contribution in [0.3, 0.4) is 0 Å². The monoisotopic (exact) mass is 475 g/mol. The molecule has 0 bridgehead atoms. The van der Waals surface area contributed by atoms with Crippen LogP contribution in [0.1, 0.15) is 35.3 Å². The number of hydrogen-bond acceptors (Lipinski definition) is 5. The van der Waals surface area contributed by atoms with Crippen LogP contribution in [0.5, 0.6) is 0 Å². The summed E-state index contributed by atoms with van der Waals surface area (Å²) < 4.78 is 27.4. The lowest BCUT2D eigenvalue weighted by Gasteiger charge is -2.24. The number of benzene rings is 2. The van der Waals surface area contributed by atoms with Gasteiger partial charge in [0.15, 0.2) is 0 Å². The molecule has 172 valence electrons. The zero-order valence-corrected chi connectivity index (χ0v) is 20.4. The van der Waals surface area contributed by atoms with E-state index in [1.165, 1.54) is 22.1 Å². The summed E-state index contributed by atoms with van der Waals surface area (Å²) >= 11 is 1.52. The van der Waals surface area contributed by atoms with E-state index < -0.39 is 16.1 Å². The number of carbonyl (C=O) groups is 2. The van der Waals surface area contributed by atoms with Crippen LogP contribution in [-0.2, 0) is 14.8 Å². The zero-order chi connectivity index (χ0) is 23.5. The van der Waals surface area contributed by atoms with Crippen LogP contribution in [0.2, 0.25) is 0 Å². The molecule has 0 spiro atoms. The molecule has 1 aliphatic rings. The first-order chi connectivity index (χ1) is 15.2.